The molecule has 0 aliphatic rings. The predicted octanol–water partition coefficient (Wildman–Crippen LogP) is 2.97. The first-order valence-corrected chi connectivity index (χ1v) is 6.13. The summed E-state index contributed by atoms with van der Waals surface area (Å²) in [6.07, 6.45) is 1.25. The van der Waals surface area contributed by atoms with Gasteiger partial charge in [0.05, 0.1) is 4.88 Å². The van der Waals surface area contributed by atoms with Crippen LogP contribution in [0.1, 0.15) is 24.9 Å². The summed E-state index contributed by atoms with van der Waals surface area (Å²) in [7, 11) is 0. The SMILES string of the molecule is CC(=O)CCc1nc(-c2cccs2)c(C)[nH]1. The highest BCUT2D eigenvalue weighted by atomic mass is 32.1. The van der Waals surface area contributed by atoms with E-state index in [2.05, 4.69) is 16.0 Å². The molecule has 0 saturated carbocycles. The van der Waals surface area contributed by atoms with Crippen LogP contribution in [0.5, 0.6) is 0 Å². The van der Waals surface area contributed by atoms with Gasteiger partial charge in [-0.25, -0.2) is 4.98 Å². The lowest BCUT2D eigenvalue weighted by Crippen LogP contribution is -1.95. The predicted molar refractivity (Wildman–Crippen MR) is 65.6 cm³/mol. The molecule has 0 saturated heterocycles. The molecule has 4 heteroatoms. The van der Waals surface area contributed by atoms with Crippen LogP contribution in [0.3, 0.4) is 0 Å². The maximum absolute atomic E-state index is 10.9. The van der Waals surface area contributed by atoms with E-state index >= 15 is 0 Å². The molecule has 0 bridgehead atoms. The van der Waals surface area contributed by atoms with Crippen molar-refractivity contribution in [1.82, 2.24) is 9.97 Å². The third-order valence-corrected chi connectivity index (χ3v) is 3.28. The highest BCUT2D eigenvalue weighted by molar-refractivity contribution is 7.13. The molecule has 2 heterocycles. The largest absolute Gasteiger partial charge is 0.346 e. The van der Waals surface area contributed by atoms with Gasteiger partial charge in [0, 0.05) is 18.5 Å². The van der Waals surface area contributed by atoms with Crippen LogP contribution in [0.4, 0.5) is 0 Å². The van der Waals surface area contributed by atoms with E-state index in [0.717, 1.165) is 17.2 Å². The number of ketones is 1. The van der Waals surface area contributed by atoms with Gasteiger partial charge in [0.25, 0.3) is 0 Å². The number of thiophene rings is 1. The average Bonchev–Trinajstić information content (AvgIpc) is 2.83. The molecule has 2 rings (SSSR count). The van der Waals surface area contributed by atoms with Gasteiger partial charge in [-0.1, -0.05) is 6.07 Å². The van der Waals surface area contributed by atoms with E-state index in [9.17, 15) is 4.79 Å². The molecule has 3 nitrogen and oxygen atoms in total. The Kier molecular flexibility index (Phi) is 3.19. The molecular formula is C12H14N2OS. The second kappa shape index (κ2) is 4.61. The van der Waals surface area contributed by atoms with Gasteiger partial charge >= 0.3 is 0 Å². The number of nitrogens with zero attached hydrogens (tertiary/aromatic N) is 1. The molecule has 2 aromatic heterocycles. The van der Waals surface area contributed by atoms with Crippen LogP contribution >= 0.6 is 11.3 Å². The van der Waals surface area contributed by atoms with Crippen molar-refractivity contribution in [3.8, 4) is 10.6 Å². The quantitative estimate of drug-likeness (QED) is 0.884. The Hall–Kier alpha value is -1.42. The molecule has 0 spiro atoms. The number of imidazole rings is 1. The second-order valence-corrected chi connectivity index (χ2v) is 4.78. The monoisotopic (exact) mass is 234 g/mol. The topological polar surface area (TPSA) is 45.8 Å². The molecule has 2 aromatic rings. The van der Waals surface area contributed by atoms with Crippen LogP contribution in [0.15, 0.2) is 17.5 Å². The minimum Gasteiger partial charge on any atom is -0.346 e. The maximum atomic E-state index is 10.9. The molecule has 0 radical (unpaired) electrons. The first kappa shape index (κ1) is 11.1. The van der Waals surface area contributed by atoms with Crippen LogP contribution < -0.4 is 0 Å². The molecule has 1 N–H and O–H groups in total. The van der Waals surface area contributed by atoms with Crippen molar-refractivity contribution in [3.05, 3.63) is 29.0 Å². The Morgan fingerprint density at radius 1 is 1.56 bits per heavy atom. The number of rotatable bonds is 4. The highest BCUT2D eigenvalue weighted by Crippen LogP contribution is 2.25. The number of H-pyrrole nitrogens is 1. The van der Waals surface area contributed by atoms with Crippen molar-refractivity contribution in [2.24, 2.45) is 0 Å². The average molecular weight is 234 g/mol. The third kappa shape index (κ3) is 2.39. The molecule has 84 valence electrons. The van der Waals surface area contributed by atoms with E-state index in [0.29, 0.717) is 12.8 Å². The van der Waals surface area contributed by atoms with Crippen LogP contribution in [0, 0.1) is 6.92 Å². The van der Waals surface area contributed by atoms with Gasteiger partial charge in [0.15, 0.2) is 0 Å². The number of aryl methyl sites for hydroxylation is 2. The zero-order chi connectivity index (χ0) is 11.5. The molecule has 0 atom stereocenters. The lowest BCUT2D eigenvalue weighted by molar-refractivity contribution is -0.117. The first-order valence-electron chi connectivity index (χ1n) is 5.25. The van der Waals surface area contributed by atoms with Crippen molar-refractivity contribution >= 4 is 17.1 Å². The zero-order valence-corrected chi connectivity index (χ0v) is 10.2. The van der Waals surface area contributed by atoms with E-state index in [1.165, 1.54) is 4.88 Å². The zero-order valence-electron chi connectivity index (χ0n) is 9.41. The lowest BCUT2D eigenvalue weighted by atomic mass is 10.2. The summed E-state index contributed by atoms with van der Waals surface area (Å²) in [5.74, 6) is 1.10. The van der Waals surface area contributed by atoms with Crippen LogP contribution in [-0.2, 0) is 11.2 Å². The standard InChI is InChI=1S/C12H14N2OS/c1-8(15)5-6-11-13-9(2)12(14-11)10-4-3-7-16-10/h3-4,7H,5-6H2,1-2H3,(H,13,14). The van der Waals surface area contributed by atoms with Gasteiger partial charge in [-0.15, -0.1) is 11.3 Å². The van der Waals surface area contributed by atoms with Gasteiger partial charge in [0.2, 0.25) is 0 Å². The van der Waals surface area contributed by atoms with Crippen molar-refractivity contribution < 1.29 is 4.79 Å². The van der Waals surface area contributed by atoms with Crippen LogP contribution in [0.2, 0.25) is 0 Å². The fourth-order valence-corrected chi connectivity index (χ4v) is 2.36. The Balaban J connectivity index is 2.19. The number of carbonyl (C=O) groups is 1. The number of carbonyl (C=O) groups excluding carboxylic acids is 1. The van der Waals surface area contributed by atoms with Gasteiger partial charge < -0.3 is 9.78 Å². The number of Topliss-reactive ketones (excluding diaryl/α,β-unsaturated/α-hetero) is 1. The van der Waals surface area contributed by atoms with Crippen LogP contribution in [-0.4, -0.2) is 15.8 Å². The summed E-state index contributed by atoms with van der Waals surface area (Å²) >= 11 is 1.68. The maximum Gasteiger partial charge on any atom is 0.130 e. The van der Waals surface area contributed by atoms with E-state index in [1.807, 2.05) is 18.4 Å². The normalized spacial score (nSPS) is 10.6. The summed E-state index contributed by atoms with van der Waals surface area (Å²) in [6.45, 7) is 3.62. The van der Waals surface area contributed by atoms with Gasteiger partial charge in [-0.2, -0.15) is 0 Å². The van der Waals surface area contributed by atoms with Gasteiger partial charge in [0.1, 0.15) is 17.3 Å². The molecule has 0 aliphatic heterocycles. The van der Waals surface area contributed by atoms with E-state index < -0.39 is 0 Å². The molecule has 0 aromatic carbocycles. The Labute approximate surface area is 98.5 Å². The van der Waals surface area contributed by atoms with Crippen molar-refractivity contribution in [2.75, 3.05) is 0 Å². The van der Waals surface area contributed by atoms with E-state index in [-0.39, 0.29) is 5.78 Å². The highest BCUT2D eigenvalue weighted by Gasteiger charge is 2.09. The fourth-order valence-electron chi connectivity index (χ4n) is 1.59. The number of aromatic amines is 1. The molecule has 0 amide bonds. The van der Waals surface area contributed by atoms with E-state index in [1.54, 1.807) is 18.3 Å². The van der Waals surface area contributed by atoms with Gasteiger partial charge in [-0.3, -0.25) is 0 Å². The lowest BCUT2D eigenvalue weighted by Gasteiger charge is -1.91. The Morgan fingerprint density at radius 3 is 3.00 bits per heavy atom. The summed E-state index contributed by atoms with van der Waals surface area (Å²) in [5, 5.41) is 2.04. The number of aromatic nitrogens is 2. The minimum atomic E-state index is 0.201. The summed E-state index contributed by atoms with van der Waals surface area (Å²) in [6, 6.07) is 4.08. The third-order valence-electron chi connectivity index (χ3n) is 2.40. The van der Waals surface area contributed by atoms with Gasteiger partial charge in [-0.05, 0) is 25.3 Å². The molecular weight excluding hydrogens is 220 g/mol. The number of nitrogens with one attached hydrogen (secondary N) is 1. The molecule has 0 aliphatic carbocycles. The minimum absolute atomic E-state index is 0.201. The smallest absolute Gasteiger partial charge is 0.130 e. The molecule has 0 unspecified atom stereocenters. The first-order chi connectivity index (χ1) is 7.66. The van der Waals surface area contributed by atoms with Crippen molar-refractivity contribution in [2.45, 2.75) is 26.7 Å². The van der Waals surface area contributed by atoms with E-state index in [4.69, 9.17) is 0 Å². The Bertz CT molecular complexity index is 485. The number of hydrogen-bond donors (Lipinski definition) is 1. The Morgan fingerprint density at radius 2 is 2.38 bits per heavy atom. The van der Waals surface area contributed by atoms with Crippen molar-refractivity contribution in [1.29, 1.82) is 0 Å². The molecule has 16 heavy (non-hydrogen) atoms. The summed E-state index contributed by atoms with van der Waals surface area (Å²) in [5.41, 5.74) is 2.08. The summed E-state index contributed by atoms with van der Waals surface area (Å²) in [4.78, 5) is 19.8. The van der Waals surface area contributed by atoms with Crippen molar-refractivity contribution in [3.63, 3.8) is 0 Å². The summed E-state index contributed by atoms with van der Waals surface area (Å²) < 4.78 is 0. The number of hydrogen-bond acceptors (Lipinski definition) is 3. The molecule has 0 fully saturated rings. The fraction of sp³-hybridized carbons (Fsp3) is 0.333. The van der Waals surface area contributed by atoms with Crippen LogP contribution in [0.25, 0.3) is 10.6 Å². The second-order valence-electron chi connectivity index (χ2n) is 3.84.